The normalized spacial score (nSPS) is 12.9. The van der Waals surface area contributed by atoms with Gasteiger partial charge in [-0.15, -0.1) is 0 Å². The molecular formula is C11H23N3O2. The van der Waals surface area contributed by atoms with Gasteiger partial charge < -0.3 is 16.4 Å². The first-order valence-electron chi connectivity index (χ1n) is 5.65. The summed E-state index contributed by atoms with van der Waals surface area (Å²) in [6, 6.07) is -0.507. The number of nitrogens with one attached hydrogen (secondary N) is 2. The maximum absolute atomic E-state index is 11.5. The lowest BCUT2D eigenvalue weighted by Crippen LogP contribution is -2.46. The number of carbonyl (C=O) groups excluding carboxylic acids is 2. The minimum Gasteiger partial charge on any atom is -0.368 e. The van der Waals surface area contributed by atoms with Crippen LogP contribution in [0.25, 0.3) is 0 Å². The van der Waals surface area contributed by atoms with Gasteiger partial charge in [0.25, 0.3) is 0 Å². The third-order valence-electron chi connectivity index (χ3n) is 1.96. The standard InChI is InChI=1S/C11H23N3O2/c1-7(2)6-13-9(11(12)16)5-10(15)14-8(3)4/h7-9,13H,5-6H2,1-4H3,(H2,12,16)(H,14,15). The molecule has 0 aromatic rings. The van der Waals surface area contributed by atoms with Crippen molar-refractivity contribution < 1.29 is 9.59 Å². The zero-order valence-corrected chi connectivity index (χ0v) is 10.5. The summed E-state index contributed by atoms with van der Waals surface area (Å²) in [5, 5.41) is 5.72. The van der Waals surface area contributed by atoms with Crippen molar-refractivity contribution in [1.82, 2.24) is 10.6 Å². The second kappa shape index (κ2) is 7.22. The topological polar surface area (TPSA) is 84.2 Å². The number of amides is 2. The molecule has 0 saturated heterocycles. The monoisotopic (exact) mass is 229 g/mol. The van der Waals surface area contributed by atoms with Crippen molar-refractivity contribution in [2.24, 2.45) is 11.7 Å². The lowest BCUT2D eigenvalue weighted by atomic mass is 10.1. The largest absolute Gasteiger partial charge is 0.368 e. The first kappa shape index (κ1) is 14.9. The zero-order chi connectivity index (χ0) is 12.7. The van der Waals surface area contributed by atoms with Gasteiger partial charge in [-0.25, -0.2) is 0 Å². The Morgan fingerprint density at radius 3 is 2.12 bits per heavy atom. The predicted molar refractivity (Wildman–Crippen MR) is 63.7 cm³/mol. The van der Waals surface area contributed by atoms with Gasteiger partial charge in [-0.2, -0.15) is 0 Å². The molecule has 0 radical (unpaired) electrons. The first-order valence-corrected chi connectivity index (χ1v) is 5.65. The Bertz CT molecular complexity index is 239. The average molecular weight is 229 g/mol. The fourth-order valence-corrected chi connectivity index (χ4v) is 1.22. The second-order valence-corrected chi connectivity index (χ2v) is 4.68. The fraction of sp³-hybridized carbons (Fsp3) is 0.818. The van der Waals surface area contributed by atoms with Crippen molar-refractivity contribution in [2.75, 3.05) is 6.54 Å². The van der Waals surface area contributed by atoms with E-state index in [1.807, 2.05) is 27.7 Å². The molecule has 16 heavy (non-hydrogen) atoms. The zero-order valence-electron chi connectivity index (χ0n) is 10.5. The van der Waals surface area contributed by atoms with Crippen molar-refractivity contribution in [2.45, 2.75) is 46.2 Å². The lowest BCUT2D eigenvalue weighted by molar-refractivity contribution is -0.127. The van der Waals surface area contributed by atoms with Gasteiger partial charge in [0.1, 0.15) is 0 Å². The summed E-state index contributed by atoms with van der Waals surface area (Å²) >= 11 is 0. The number of primary amides is 1. The molecule has 0 aromatic heterocycles. The predicted octanol–water partition coefficient (Wildman–Crippen LogP) is 0.000600. The smallest absolute Gasteiger partial charge is 0.235 e. The Labute approximate surface area is 97.2 Å². The molecule has 5 nitrogen and oxygen atoms in total. The Morgan fingerprint density at radius 1 is 1.19 bits per heavy atom. The summed E-state index contributed by atoms with van der Waals surface area (Å²) in [6.45, 7) is 8.47. The molecule has 0 heterocycles. The van der Waals surface area contributed by atoms with Crippen molar-refractivity contribution in [1.29, 1.82) is 0 Å². The van der Waals surface area contributed by atoms with Gasteiger partial charge in [-0.05, 0) is 26.3 Å². The van der Waals surface area contributed by atoms with E-state index in [4.69, 9.17) is 5.73 Å². The number of carbonyl (C=O) groups is 2. The molecule has 1 unspecified atom stereocenters. The van der Waals surface area contributed by atoms with Gasteiger partial charge in [-0.1, -0.05) is 13.8 Å². The summed E-state index contributed by atoms with van der Waals surface area (Å²) in [7, 11) is 0. The van der Waals surface area contributed by atoms with Crippen LogP contribution in [0.15, 0.2) is 0 Å². The second-order valence-electron chi connectivity index (χ2n) is 4.68. The third kappa shape index (κ3) is 7.23. The molecular weight excluding hydrogens is 206 g/mol. The number of hydrogen-bond acceptors (Lipinski definition) is 3. The van der Waals surface area contributed by atoms with Crippen molar-refractivity contribution in [3.63, 3.8) is 0 Å². The Hall–Kier alpha value is -1.10. The van der Waals surface area contributed by atoms with Crippen molar-refractivity contribution >= 4 is 11.8 Å². The van der Waals surface area contributed by atoms with E-state index in [2.05, 4.69) is 10.6 Å². The third-order valence-corrected chi connectivity index (χ3v) is 1.96. The van der Waals surface area contributed by atoms with Crippen LogP contribution in [0, 0.1) is 5.92 Å². The van der Waals surface area contributed by atoms with Gasteiger partial charge >= 0.3 is 0 Å². The van der Waals surface area contributed by atoms with E-state index in [9.17, 15) is 9.59 Å². The SMILES string of the molecule is CC(C)CNC(CC(=O)NC(C)C)C(N)=O. The van der Waals surface area contributed by atoms with E-state index in [1.54, 1.807) is 0 Å². The maximum Gasteiger partial charge on any atom is 0.235 e. The molecule has 1 atom stereocenters. The Balaban J connectivity index is 4.12. The number of rotatable bonds is 7. The summed E-state index contributed by atoms with van der Waals surface area (Å²) in [5.74, 6) is -0.232. The van der Waals surface area contributed by atoms with Crippen molar-refractivity contribution in [3.8, 4) is 0 Å². The highest BCUT2D eigenvalue weighted by Crippen LogP contribution is 1.96. The molecule has 94 valence electrons. The Kier molecular flexibility index (Phi) is 6.72. The van der Waals surface area contributed by atoms with Crippen LogP contribution in [-0.2, 0) is 9.59 Å². The van der Waals surface area contributed by atoms with Crippen LogP contribution in [0.5, 0.6) is 0 Å². The van der Waals surface area contributed by atoms with Gasteiger partial charge in [0, 0.05) is 6.04 Å². The molecule has 0 aliphatic heterocycles. The van der Waals surface area contributed by atoms with Crippen LogP contribution < -0.4 is 16.4 Å². The molecule has 0 spiro atoms. The summed E-state index contributed by atoms with van der Waals surface area (Å²) in [4.78, 5) is 22.6. The minimum atomic E-state index is -0.582. The van der Waals surface area contributed by atoms with Gasteiger partial charge in [0.2, 0.25) is 11.8 Å². The molecule has 0 rings (SSSR count). The van der Waals surface area contributed by atoms with E-state index in [0.717, 1.165) is 0 Å². The lowest BCUT2D eigenvalue weighted by Gasteiger charge is -2.17. The highest BCUT2D eigenvalue weighted by Gasteiger charge is 2.19. The van der Waals surface area contributed by atoms with Crippen molar-refractivity contribution in [3.05, 3.63) is 0 Å². The fourth-order valence-electron chi connectivity index (χ4n) is 1.22. The van der Waals surface area contributed by atoms with E-state index in [1.165, 1.54) is 0 Å². The maximum atomic E-state index is 11.5. The van der Waals surface area contributed by atoms with Crippen LogP contribution in [0.3, 0.4) is 0 Å². The summed E-state index contributed by atoms with van der Waals surface area (Å²) in [6.07, 6.45) is 0.0975. The van der Waals surface area contributed by atoms with Gasteiger partial charge in [-0.3, -0.25) is 9.59 Å². The van der Waals surface area contributed by atoms with Crippen LogP contribution in [0.2, 0.25) is 0 Å². The van der Waals surface area contributed by atoms with Crippen LogP contribution >= 0.6 is 0 Å². The van der Waals surface area contributed by atoms with Gasteiger partial charge in [0.15, 0.2) is 0 Å². The van der Waals surface area contributed by atoms with Crippen LogP contribution in [-0.4, -0.2) is 30.4 Å². The molecule has 0 fully saturated rings. The first-order chi connectivity index (χ1) is 7.32. The van der Waals surface area contributed by atoms with E-state index >= 15 is 0 Å². The summed E-state index contributed by atoms with van der Waals surface area (Å²) < 4.78 is 0. The molecule has 0 saturated carbocycles. The quantitative estimate of drug-likeness (QED) is 0.574. The van der Waals surface area contributed by atoms with E-state index < -0.39 is 11.9 Å². The molecule has 5 heteroatoms. The van der Waals surface area contributed by atoms with Gasteiger partial charge in [0.05, 0.1) is 12.5 Å². The molecule has 2 amide bonds. The molecule has 0 aliphatic carbocycles. The molecule has 0 aromatic carbocycles. The Morgan fingerprint density at radius 2 is 1.75 bits per heavy atom. The minimum absolute atomic E-state index is 0.0751. The molecule has 0 bridgehead atoms. The number of hydrogen-bond donors (Lipinski definition) is 3. The molecule has 0 aliphatic rings. The highest BCUT2D eigenvalue weighted by atomic mass is 16.2. The van der Waals surface area contributed by atoms with E-state index in [-0.39, 0.29) is 18.4 Å². The number of nitrogens with two attached hydrogens (primary N) is 1. The highest BCUT2D eigenvalue weighted by molar-refractivity contribution is 5.87. The van der Waals surface area contributed by atoms with Crippen LogP contribution in [0.1, 0.15) is 34.1 Å². The molecule has 4 N–H and O–H groups in total. The average Bonchev–Trinajstić information content (AvgIpc) is 2.09. The summed E-state index contributed by atoms with van der Waals surface area (Å²) in [5.41, 5.74) is 5.22. The van der Waals surface area contributed by atoms with E-state index in [0.29, 0.717) is 12.5 Å². The van der Waals surface area contributed by atoms with Crippen LogP contribution in [0.4, 0.5) is 0 Å².